The number of carbonyl (C=O) groups excluding carboxylic acids is 1. The second kappa shape index (κ2) is 8.33. The first-order chi connectivity index (χ1) is 12.4. The van der Waals surface area contributed by atoms with E-state index in [1.807, 2.05) is 24.3 Å². The summed E-state index contributed by atoms with van der Waals surface area (Å²) in [5.41, 5.74) is 1.69. The molecule has 0 saturated carbocycles. The Hall–Kier alpha value is -1.70. The van der Waals surface area contributed by atoms with E-state index in [0.29, 0.717) is 30.8 Å². The fourth-order valence-electron chi connectivity index (χ4n) is 2.95. The van der Waals surface area contributed by atoms with E-state index in [4.69, 9.17) is 0 Å². The molecule has 1 heterocycles. The molecule has 5 nitrogen and oxygen atoms in total. The Morgan fingerprint density at radius 3 is 2.42 bits per heavy atom. The Morgan fingerprint density at radius 1 is 1.08 bits per heavy atom. The monoisotopic (exact) mass is 436 g/mol. The van der Waals surface area contributed by atoms with E-state index in [0.717, 1.165) is 28.6 Å². The maximum Gasteiger partial charge on any atom is 0.243 e. The first kappa shape index (κ1) is 19.1. The van der Waals surface area contributed by atoms with Crippen LogP contribution in [-0.4, -0.2) is 31.7 Å². The van der Waals surface area contributed by atoms with Crippen LogP contribution in [0, 0.1) is 0 Å². The van der Waals surface area contributed by atoms with Gasteiger partial charge in [-0.15, -0.1) is 0 Å². The molecule has 1 fully saturated rings. The molecule has 1 N–H and O–H groups in total. The standard InChI is InChI=1S/C19H21BrN2O3S/c20-16-4-3-5-17(14-16)21-19(23)11-8-15-6-9-18(10-7-15)26(24,25)22-12-1-2-13-22/h3-7,9-10,14H,1-2,8,11-13H2,(H,21,23). The molecular weight excluding hydrogens is 416 g/mol. The number of anilines is 1. The Balaban J connectivity index is 1.56. The Bertz CT molecular complexity index is 876. The SMILES string of the molecule is O=C(CCc1ccc(S(=O)(=O)N2CCCC2)cc1)Nc1cccc(Br)c1. The lowest BCUT2D eigenvalue weighted by molar-refractivity contribution is -0.116. The molecule has 2 aromatic rings. The van der Waals surface area contributed by atoms with Crippen LogP contribution in [0.5, 0.6) is 0 Å². The van der Waals surface area contributed by atoms with Crippen molar-refractivity contribution in [2.75, 3.05) is 18.4 Å². The summed E-state index contributed by atoms with van der Waals surface area (Å²) in [5, 5.41) is 2.85. The molecule has 3 rings (SSSR count). The van der Waals surface area contributed by atoms with Crippen LogP contribution in [0.4, 0.5) is 5.69 Å². The van der Waals surface area contributed by atoms with Crippen LogP contribution in [-0.2, 0) is 21.2 Å². The number of sulfonamides is 1. The van der Waals surface area contributed by atoms with Crippen molar-refractivity contribution in [3.63, 3.8) is 0 Å². The van der Waals surface area contributed by atoms with Gasteiger partial charge in [0.25, 0.3) is 0 Å². The first-order valence-electron chi connectivity index (χ1n) is 8.60. The number of aryl methyl sites for hydroxylation is 1. The number of hydrogen-bond acceptors (Lipinski definition) is 3. The average Bonchev–Trinajstić information content (AvgIpc) is 3.16. The van der Waals surface area contributed by atoms with Crippen LogP contribution in [0.2, 0.25) is 0 Å². The quantitative estimate of drug-likeness (QED) is 0.748. The topological polar surface area (TPSA) is 66.5 Å². The number of nitrogens with one attached hydrogen (secondary N) is 1. The molecule has 0 aliphatic carbocycles. The summed E-state index contributed by atoms with van der Waals surface area (Å²) in [4.78, 5) is 12.4. The summed E-state index contributed by atoms with van der Waals surface area (Å²) in [5.74, 6) is -0.0723. The molecule has 0 atom stereocenters. The van der Waals surface area contributed by atoms with Gasteiger partial charge in [0.15, 0.2) is 0 Å². The molecule has 0 bridgehead atoms. The minimum atomic E-state index is -3.38. The molecule has 2 aromatic carbocycles. The van der Waals surface area contributed by atoms with Crippen LogP contribution in [0.3, 0.4) is 0 Å². The minimum absolute atomic E-state index is 0.0723. The number of benzene rings is 2. The third kappa shape index (κ3) is 4.72. The highest BCUT2D eigenvalue weighted by Gasteiger charge is 2.26. The highest BCUT2D eigenvalue weighted by atomic mass is 79.9. The normalized spacial score (nSPS) is 15.1. The van der Waals surface area contributed by atoms with E-state index < -0.39 is 10.0 Å². The Labute approximate surface area is 162 Å². The molecule has 0 radical (unpaired) electrons. The van der Waals surface area contributed by atoms with E-state index in [2.05, 4.69) is 21.2 Å². The molecule has 1 amide bonds. The zero-order valence-electron chi connectivity index (χ0n) is 14.3. The summed E-state index contributed by atoms with van der Waals surface area (Å²) in [6, 6.07) is 14.3. The lowest BCUT2D eigenvalue weighted by Crippen LogP contribution is -2.27. The highest BCUT2D eigenvalue weighted by molar-refractivity contribution is 9.10. The Kier molecular flexibility index (Phi) is 6.11. The molecule has 1 aliphatic rings. The molecule has 0 unspecified atom stereocenters. The van der Waals surface area contributed by atoms with Crippen molar-refractivity contribution in [1.29, 1.82) is 0 Å². The smallest absolute Gasteiger partial charge is 0.243 e. The zero-order valence-corrected chi connectivity index (χ0v) is 16.7. The average molecular weight is 437 g/mol. The van der Waals surface area contributed by atoms with Gasteiger partial charge in [-0.3, -0.25) is 4.79 Å². The van der Waals surface area contributed by atoms with Crippen molar-refractivity contribution in [2.45, 2.75) is 30.6 Å². The van der Waals surface area contributed by atoms with E-state index in [1.54, 1.807) is 24.3 Å². The van der Waals surface area contributed by atoms with Crippen molar-refractivity contribution < 1.29 is 13.2 Å². The summed E-state index contributed by atoms with van der Waals surface area (Å²) in [7, 11) is -3.38. The maximum absolute atomic E-state index is 12.5. The van der Waals surface area contributed by atoms with Crippen LogP contribution in [0.1, 0.15) is 24.8 Å². The first-order valence-corrected chi connectivity index (χ1v) is 10.8. The fraction of sp³-hybridized carbons (Fsp3) is 0.316. The van der Waals surface area contributed by atoms with Crippen molar-refractivity contribution >= 4 is 37.5 Å². The highest BCUT2D eigenvalue weighted by Crippen LogP contribution is 2.21. The molecule has 0 spiro atoms. The van der Waals surface area contributed by atoms with Crippen LogP contribution < -0.4 is 5.32 Å². The van der Waals surface area contributed by atoms with Gasteiger partial charge in [0.1, 0.15) is 0 Å². The predicted octanol–water partition coefficient (Wildman–Crippen LogP) is 3.80. The van der Waals surface area contributed by atoms with Gasteiger partial charge in [-0.05, 0) is 55.2 Å². The maximum atomic E-state index is 12.5. The lowest BCUT2D eigenvalue weighted by Gasteiger charge is -2.15. The van der Waals surface area contributed by atoms with Gasteiger partial charge in [0.05, 0.1) is 4.90 Å². The fourth-order valence-corrected chi connectivity index (χ4v) is 4.87. The number of halogens is 1. The van der Waals surface area contributed by atoms with Crippen LogP contribution in [0.25, 0.3) is 0 Å². The van der Waals surface area contributed by atoms with Gasteiger partial charge in [-0.25, -0.2) is 8.42 Å². The summed E-state index contributed by atoms with van der Waals surface area (Å²) in [6.45, 7) is 1.19. The van der Waals surface area contributed by atoms with E-state index >= 15 is 0 Å². The largest absolute Gasteiger partial charge is 0.326 e. The van der Waals surface area contributed by atoms with Crippen molar-refractivity contribution in [2.24, 2.45) is 0 Å². The molecule has 1 aliphatic heterocycles. The van der Waals surface area contributed by atoms with Gasteiger partial charge >= 0.3 is 0 Å². The molecule has 138 valence electrons. The number of nitrogens with zero attached hydrogens (tertiary/aromatic N) is 1. The van der Waals surface area contributed by atoms with E-state index in [9.17, 15) is 13.2 Å². The molecule has 0 aromatic heterocycles. The number of carbonyl (C=O) groups is 1. The molecular formula is C19H21BrN2O3S. The second-order valence-corrected chi connectivity index (χ2v) is 9.17. The van der Waals surface area contributed by atoms with E-state index in [-0.39, 0.29) is 5.91 Å². The summed E-state index contributed by atoms with van der Waals surface area (Å²) in [6.07, 6.45) is 2.74. The van der Waals surface area contributed by atoms with Crippen molar-refractivity contribution in [3.05, 3.63) is 58.6 Å². The third-order valence-corrected chi connectivity index (χ3v) is 6.78. The number of amides is 1. The summed E-state index contributed by atoms with van der Waals surface area (Å²) < 4.78 is 27.4. The van der Waals surface area contributed by atoms with E-state index in [1.165, 1.54) is 4.31 Å². The lowest BCUT2D eigenvalue weighted by atomic mass is 10.1. The van der Waals surface area contributed by atoms with Gasteiger partial charge in [-0.1, -0.05) is 34.1 Å². The van der Waals surface area contributed by atoms with Crippen molar-refractivity contribution in [1.82, 2.24) is 4.31 Å². The van der Waals surface area contributed by atoms with Crippen molar-refractivity contribution in [3.8, 4) is 0 Å². The summed E-state index contributed by atoms with van der Waals surface area (Å²) >= 11 is 3.37. The van der Waals surface area contributed by atoms with Gasteiger partial charge < -0.3 is 5.32 Å². The van der Waals surface area contributed by atoms with Crippen LogP contribution >= 0.6 is 15.9 Å². The predicted molar refractivity (Wildman–Crippen MR) is 106 cm³/mol. The molecule has 7 heteroatoms. The van der Waals surface area contributed by atoms with Gasteiger partial charge in [-0.2, -0.15) is 4.31 Å². The minimum Gasteiger partial charge on any atom is -0.326 e. The second-order valence-electron chi connectivity index (χ2n) is 6.31. The number of rotatable bonds is 6. The molecule has 26 heavy (non-hydrogen) atoms. The Morgan fingerprint density at radius 2 is 1.77 bits per heavy atom. The zero-order chi connectivity index (χ0) is 18.6. The van der Waals surface area contributed by atoms with Crippen LogP contribution in [0.15, 0.2) is 57.9 Å². The van der Waals surface area contributed by atoms with Gasteiger partial charge in [0, 0.05) is 29.7 Å². The number of hydrogen-bond donors (Lipinski definition) is 1. The molecule has 1 saturated heterocycles. The van der Waals surface area contributed by atoms with Gasteiger partial charge in [0.2, 0.25) is 15.9 Å². The third-order valence-electron chi connectivity index (χ3n) is 4.38.